The number of aromatic nitrogens is 1. The Morgan fingerprint density at radius 3 is 3.12 bits per heavy atom. The number of rotatable bonds is 2. The third-order valence-electron chi connectivity index (χ3n) is 3.22. The van der Waals surface area contributed by atoms with Crippen LogP contribution in [-0.2, 0) is 6.42 Å². The molecule has 88 valence electrons. The Morgan fingerprint density at radius 1 is 1.41 bits per heavy atom. The number of nitrogens with zero attached hydrogens (tertiary/aromatic N) is 1. The van der Waals surface area contributed by atoms with Crippen LogP contribution in [0, 0.1) is 0 Å². The summed E-state index contributed by atoms with van der Waals surface area (Å²) < 4.78 is 0. The second-order valence-corrected chi connectivity index (χ2v) is 5.02. The molecule has 0 bridgehead atoms. The van der Waals surface area contributed by atoms with Gasteiger partial charge < -0.3 is 10.4 Å². The molecule has 1 aromatic heterocycles. The summed E-state index contributed by atoms with van der Waals surface area (Å²) in [6, 6.07) is 8.33. The standard InChI is InChI=1S/C13H14N2OS/c16-13(12-7-17-8-14-12)11-6-5-9-3-1-2-4-10(9)15-11/h1-4,7-8,11,13,15-16H,5-6H2. The zero-order chi connectivity index (χ0) is 11.7. The molecule has 1 aromatic carbocycles. The number of aryl methyl sites for hydroxylation is 1. The first-order chi connectivity index (χ1) is 8.34. The Hall–Kier alpha value is -1.39. The molecule has 3 rings (SSSR count). The Morgan fingerprint density at radius 2 is 2.29 bits per heavy atom. The van der Waals surface area contributed by atoms with Crippen molar-refractivity contribution in [2.24, 2.45) is 0 Å². The van der Waals surface area contributed by atoms with Gasteiger partial charge in [0.2, 0.25) is 0 Å². The second kappa shape index (κ2) is 4.47. The molecule has 2 atom stereocenters. The van der Waals surface area contributed by atoms with Crippen molar-refractivity contribution in [2.75, 3.05) is 5.32 Å². The monoisotopic (exact) mass is 246 g/mol. The molecule has 17 heavy (non-hydrogen) atoms. The quantitative estimate of drug-likeness (QED) is 0.856. The zero-order valence-electron chi connectivity index (χ0n) is 9.34. The number of anilines is 1. The van der Waals surface area contributed by atoms with Gasteiger partial charge in [0.25, 0.3) is 0 Å². The summed E-state index contributed by atoms with van der Waals surface area (Å²) in [7, 11) is 0. The number of aliphatic hydroxyl groups is 1. The maximum atomic E-state index is 10.2. The summed E-state index contributed by atoms with van der Waals surface area (Å²) >= 11 is 1.52. The fourth-order valence-corrected chi connectivity index (χ4v) is 2.86. The molecular weight excluding hydrogens is 232 g/mol. The maximum absolute atomic E-state index is 10.2. The van der Waals surface area contributed by atoms with Crippen molar-refractivity contribution < 1.29 is 5.11 Å². The Labute approximate surface area is 104 Å². The van der Waals surface area contributed by atoms with Crippen LogP contribution in [0.2, 0.25) is 0 Å². The first-order valence-corrected chi connectivity index (χ1v) is 6.69. The van der Waals surface area contributed by atoms with E-state index in [4.69, 9.17) is 0 Å². The van der Waals surface area contributed by atoms with E-state index in [1.54, 1.807) is 5.51 Å². The molecule has 0 spiro atoms. The first-order valence-electron chi connectivity index (χ1n) is 5.75. The van der Waals surface area contributed by atoms with Crippen molar-refractivity contribution in [3.8, 4) is 0 Å². The minimum atomic E-state index is -0.519. The van der Waals surface area contributed by atoms with Crippen molar-refractivity contribution in [1.29, 1.82) is 0 Å². The van der Waals surface area contributed by atoms with Gasteiger partial charge in [0.1, 0.15) is 6.10 Å². The fraction of sp³-hybridized carbons (Fsp3) is 0.308. The van der Waals surface area contributed by atoms with Gasteiger partial charge in [-0.1, -0.05) is 18.2 Å². The Bertz CT molecular complexity index is 498. The van der Waals surface area contributed by atoms with Crippen LogP contribution in [0.4, 0.5) is 5.69 Å². The predicted octanol–water partition coefficient (Wildman–Crippen LogP) is 2.60. The van der Waals surface area contributed by atoms with Gasteiger partial charge in [0, 0.05) is 11.1 Å². The number of nitrogens with one attached hydrogen (secondary N) is 1. The summed E-state index contributed by atoms with van der Waals surface area (Å²) in [5.41, 5.74) is 4.99. The average Bonchev–Trinajstić information content (AvgIpc) is 2.91. The molecule has 2 aromatic rings. The molecule has 1 aliphatic rings. The van der Waals surface area contributed by atoms with Gasteiger partial charge in [-0.05, 0) is 24.5 Å². The molecule has 2 N–H and O–H groups in total. The molecule has 2 unspecified atom stereocenters. The van der Waals surface area contributed by atoms with Crippen molar-refractivity contribution in [3.05, 3.63) is 46.4 Å². The van der Waals surface area contributed by atoms with Crippen molar-refractivity contribution in [2.45, 2.75) is 25.0 Å². The van der Waals surface area contributed by atoms with Crippen LogP contribution in [0.1, 0.15) is 23.8 Å². The van der Waals surface area contributed by atoms with E-state index in [1.807, 2.05) is 11.4 Å². The fourth-order valence-electron chi connectivity index (χ4n) is 2.27. The number of para-hydroxylation sites is 1. The number of benzene rings is 1. The van der Waals surface area contributed by atoms with Crippen LogP contribution < -0.4 is 5.32 Å². The lowest BCUT2D eigenvalue weighted by Crippen LogP contribution is -2.31. The van der Waals surface area contributed by atoms with Gasteiger partial charge in [-0.2, -0.15) is 0 Å². The van der Waals surface area contributed by atoms with E-state index >= 15 is 0 Å². The van der Waals surface area contributed by atoms with Gasteiger partial charge >= 0.3 is 0 Å². The van der Waals surface area contributed by atoms with Gasteiger partial charge in [-0.25, -0.2) is 4.98 Å². The van der Waals surface area contributed by atoms with Gasteiger partial charge in [0.15, 0.2) is 0 Å². The SMILES string of the molecule is OC(c1cscn1)C1CCc2ccccc2N1. The predicted molar refractivity (Wildman–Crippen MR) is 69.2 cm³/mol. The summed E-state index contributed by atoms with van der Waals surface area (Å²) in [6.07, 6.45) is 1.43. The number of hydrogen-bond donors (Lipinski definition) is 2. The molecule has 0 saturated heterocycles. The Balaban J connectivity index is 1.80. The molecular formula is C13H14N2OS. The average molecular weight is 246 g/mol. The van der Waals surface area contributed by atoms with Crippen LogP contribution in [0.5, 0.6) is 0 Å². The number of aliphatic hydroxyl groups excluding tert-OH is 1. The van der Waals surface area contributed by atoms with E-state index in [-0.39, 0.29) is 6.04 Å². The van der Waals surface area contributed by atoms with E-state index in [0.29, 0.717) is 0 Å². The highest BCUT2D eigenvalue weighted by molar-refractivity contribution is 7.07. The number of thiazole rings is 1. The number of fused-ring (bicyclic) bond motifs is 1. The van der Waals surface area contributed by atoms with E-state index in [2.05, 4.69) is 28.5 Å². The minimum Gasteiger partial charge on any atom is -0.385 e. The highest BCUT2D eigenvalue weighted by Crippen LogP contribution is 2.30. The molecule has 4 heteroatoms. The lowest BCUT2D eigenvalue weighted by atomic mass is 9.94. The van der Waals surface area contributed by atoms with Crippen molar-refractivity contribution >= 4 is 17.0 Å². The topological polar surface area (TPSA) is 45.2 Å². The summed E-state index contributed by atoms with van der Waals surface area (Å²) in [4.78, 5) is 4.18. The highest BCUT2D eigenvalue weighted by Gasteiger charge is 2.26. The largest absolute Gasteiger partial charge is 0.385 e. The first kappa shape index (κ1) is 10.7. The second-order valence-electron chi connectivity index (χ2n) is 4.30. The van der Waals surface area contributed by atoms with Crippen LogP contribution >= 0.6 is 11.3 Å². The van der Waals surface area contributed by atoms with E-state index < -0.39 is 6.10 Å². The third-order valence-corrected chi connectivity index (χ3v) is 3.82. The molecule has 0 aliphatic carbocycles. The smallest absolute Gasteiger partial charge is 0.117 e. The van der Waals surface area contributed by atoms with Crippen LogP contribution in [0.15, 0.2) is 35.2 Å². The molecule has 2 heterocycles. The Kier molecular flexibility index (Phi) is 2.82. The summed E-state index contributed by atoms with van der Waals surface area (Å²) in [5.74, 6) is 0. The normalized spacial score (nSPS) is 20.4. The van der Waals surface area contributed by atoms with Crippen molar-refractivity contribution in [1.82, 2.24) is 4.98 Å². The van der Waals surface area contributed by atoms with Crippen molar-refractivity contribution in [3.63, 3.8) is 0 Å². The van der Waals surface area contributed by atoms with Gasteiger partial charge in [-0.15, -0.1) is 11.3 Å². The third kappa shape index (κ3) is 2.06. The lowest BCUT2D eigenvalue weighted by Gasteiger charge is -2.29. The zero-order valence-corrected chi connectivity index (χ0v) is 10.2. The minimum absolute atomic E-state index is 0.0620. The van der Waals surface area contributed by atoms with E-state index in [9.17, 15) is 5.11 Å². The summed E-state index contributed by atoms with van der Waals surface area (Å²) in [5, 5.41) is 15.6. The molecule has 0 amide bonds. The molecule has 3 nitrogen and oxygen atoms in total. The molecule has 0 fully saturated rings. The van der Waals surface area contributed by atoms with Crippen LogP contribution in [0.25, 0.3) is 0 Å². The lowest BCUT2D eigenvalue weighted by molar-refractivity contribution is 0.145. The molecule has 1 aliphatic heterocycles. The van der Waals surface area contributed by atoms with E-state index in [0.717, 1.165) is 24.2 Å². The van der Waals surface area contributed by atoms with Crippen LogP contribution in [-0.4, -0.2) is 16.1 Å². The molecule has 0 saturated carbocycles. The molecule has 0 radical (unpaired) electrons. The van der Waals surface area contributed by atoms with Gasteiger partial charge in [-0.3, -0.25) is 0 Å². The maximum Gasteiger partial charge on any atom is 0.117 e. The highest BCUT2D eigenvalue weighted by atomic mass is 32.1. The van der Waals surface area contributed by atoms with E-state index in [1.165, 1.54) is 16.9 Å². The number of hydrogen-bond acceptors (Lipinski definition) is 4. The van der Waals surface area contributed by atoms with Gasteiger partial charge in [0.05, 0.1) is 17.2 Å². The van der Waals surface area contributed by atoms with Crippen LogP contribution in [0.3, 0.4) is 0 Å². The summed E-state index contributed by atoms with van der Waals surface area (Å²) in [6.45, 7) is 0.